The summed E-state index contributed by atoms with van der Waals surface area (Å²) in [4.78, 5) is 3.92. The molecule has 0 aromatic carbocycles. The van der Waals surface area contributed by atoms with Crippen molar-refractivity contribution in [3.63, 3.8) is 0 Å². The maximum absolute atomic E-state index is 12.6. The third kappa shape index (κ3) is 1.75. The lowest BCUT2D eigenvalue weighted by atomic mass is 10.4. The fourth-order valence-corrected chi connectivity index (χ4v) is 1.36. The van der Waals surface area contributed by atoms with Gasteiger partial charge in [0.05, 0.1) is 6.54 Å². The first kappa shape index (κ1) is 9.51. The van der Waals surface area contributed by atoms with Crippen LogP contribution in [0.5, 0.6) is 0 Å². The van der Waals surface area contributed by atoms with E-state index < -0.39 is 11.8 Å². The van der Waals surface area contributed by atoms with E-state index in [1.54, 1.807) is 0 Å². The molecule has 0 N–H and O–H groups in total. The van der Waals surface area contributed by atoms with Crippen LogP contribution in [0.4, 0.5) is 8.78 Å². The van der Waals surface area contributed by atoms with Crippen LogP contribution < -0.4 is 0 Å². The van der Waals surface area contributed by atoms with Crippen LogP contribution >= 0.6 is 0 Å². The number of hydrogen-bond donors (Lipinski definition) is 0. The van der Waals surface area contributed by atoms with E-state index in [0.29, 0.717) is 12.4 Å². The molecule has 1 aromatic heterocycles. The smallest absolute Gasteiger partial charge is 0.253 e. The first-order valence-electron chi connectivity index (χ1n) is 4.37. The Balaban J connectivity index is 1.99. The second kappa shape index (κ2) is 3.27. The minimum absolute atomic E-state index is 0.0424. The largest absolute Gasteiger partial charge is 0.377 e. The monoisotopic (exact) mass is 203 g/mol. The Morgan fingerprint density at radius 2 is 2.43 bits per heavy atom. The van der Waals surface area contributed by atoms with Crippen LogP contribution in [0.2, 0.25) is 0 Å². The van der Waals surface area contributed by atoms with Crippen molar-refractivity contribution in [2.24, 2.45) is 5.92 Å². The van der Waals surface area contributed by atoms with Gasteiger partial charge >= 0.3 is 0 Å². The Morgan fingerprint density at radius 1 is 1.71 bits per heavy atom. The molecular formula is C8H11F2N3O. The fourth-order valence-electron chi connectivity index (χ4n) is 1.36. The summed E-state index contributed by atoms with van der Waals surface area (Å²) in [5, 5.41) is 3.87. The first-order valence-corrected chi connectivity index (χ1v) is 4.37. The highest BCUT2D eigenvalue weighted by molar-refractivity contribution is 4.96. The number of hydrogen-bond acceptors (Lipinski definition) is 3. The highest BCUT2D eigenvalue weighted by atomic mass is 19.3. The van der Waals surface area contributed by atoms with Crippen LogP contribution in [-0.2, 0) is 17.9 Å². The van der Waals surface area contributed by atoms with Crippen molar-refractivity contribution in [1.82, 2.24) is 14.8 Å². The van der Waals surface area contributed by atoms with Crippen LogP contribution in [0.25, 0.3) is 0 Å². The topological polar surface area (TPSA) is 39.9 Å². The van der Waals surface area contributed by atoms with Gasteiger partial charge in [-0.3, -0.25) is 0 Å². The van der Waals surface area contributed by atoms with Crippen molar-refractivity contribution in [2.45, 2.75) is 25.5 Å². The predicted molar refractivity (Wildman–Crippen MR) is 43.8 cm³/mol. The Hall–Kier alpha value is -1.04. The molecule has 1 fully saturated rings. The average molecular weight is 203 g/mol. The number of aromatic nitrogens is 3. The van der Waals surface area contributed by atoms with Gasteiger partial charge in [0.15, 0.2) is 5.82 Å². The Bertz CT molecular complexity index is 326. The van der Waals surface area contributed by atoms with Crippen LogP contribution in [-0.4, -0.2) is 27.8 Å². The van der Waals surface area contributed by atoms with Crippen molar-refractivity contribution in [1.29, 1.82) is 0 Å². The molecular weight excluding hydrogens is 192 g/mol. The van der Waals surface area contributed by atoms with E-state index in [2.05, 4.69) is 10.1 Å². The Labute approximate surface area is 79.9 Å². The molecule has 0 amide bonds. The highest BCUT2D eigenvalue weighted by Gasteiger charge is 2.57. The summed E-state index contributed by atoms with van der Waals surface area (Å²) in [6.07, 6.45) is 1.31. The summed E-state index contributed by atoms with van der Waals surface area (Å²) < 4.78 is 31.6. The van der Waals surface area contributed by atoms with Crippen LogP contribution in [0, 0.1) is 5.92 Å². The predicted octanol–water partition coefficient (Wildman–Crippen LogP) is 1.08. The Morgan fingerprint density at radius 3 is 3.00 bits per heavy atom. The molecule has 0 aliphatic heterocycles. The third-order valence-corrected chi connectivity index (χ3v) is 2.32. The molecule has 1 saturated carbocycles. The van der Waals surface area contributed by atoms with Crippen molar-refractivity contribution in [3.05, 3.63) is 12.2 Å². The molecule has 1 aliphatic rings. The number of rotatable bonds is 4. The van der Waals surface area contributed by atoms with E-state index in [4.69, 9.17) is 4.74 Å². The van der Waals surface area contributed by atoms with Gasteiger partial charge in [-0.1, -0.05) is 0 Å². The molecule has 1 aliphatic carbocycles. The molecule has 2 rings (SSSR count). The number of nitrogens with zero attached hydrogens (tertiary/aromatic N) is 3. The zero-order chi connectivity index (χ0) is 10.2. The molecule has 0 saturated heterocycles. The van der Waals surface area contributed by atoms with Crippen molar-refractivity contribution < 1.29 is 13.5 Å². The molecule has 78 valence electrons. The van der Waals surface area contributed by atoms with Gasteiger partial charge in [0.1, 0.15) is 12.9 Å². The molecule has 0 spiro atoms. The lowest BCUT2D eigenvalue weighted by Crippen LogP contribution is -2.10. The van der Waals surface area contributed by atoms with E-state index in [9.17, 15) is 8.78 Å². The average Bonchev–Trinajstić information content (AvgIpc) is 2.55. The molecule has 1 atom stereocenters. The van der Waals surface area contributed by atoms with Gasteiger partial charge in [-0.25, -0.2) is 18.4 Å². The van der Waals surface area contributed by atoms with Crippen LogP contribution in [0.1, 0.15) is 12.2 Å². The number of alkyl halides is 2. The van der Waals surface area contributed by atoms with Gasteiger partial charge in [-0.05, 0) is 0 Å². The molecule has 0 radical (unpaired) electrons. The molecule has 4 nitrogen and oxygen atoms in total. The first-order chi connectivity index (χ1) is 6.63. The zero-order valence-electron chi connectivity index (χ0n) is 7.78. The molecule has 14 heavy (non-hydrogen) atoms. The van der Waals surface area contributed by atoms with Gasteiger partial charge in [0.2, 0.25) is 0 Å². The quantitative estimate of drug-likeness (QED) is 0.735. The summed E-state index contributed by atoms with van der Waals surface area (Å²) in [6, 6.07) is 0. The maximum atomic E-state index is 12.6. The second-order valence-corrected chi connectivity index (χ2v) is 3.45. The molecule has 1 heterocycles. The molecule has 6 heteroatoms. The van der Waals surface area contributed by atoms with Gasteiger partial charge < -0.3 is 4.74 Å². The SMILES string of the molecule is COCc1ncnn1CC1CC1(F)F. The van der Waals surface area contributed by atoms with Crippen molar-refractivity contribution in [2.75, 3.05) is 7.11 Å². The van der Waals surface area contributed by atoms with Crippen molar-refractivity contribution in [3.8, 4) is 0 Å². The third-order valence-electron chi connectivity index (χ3n) is 2.32. The molecule has 1 unspecified atom stereocenters. The highest BCUT2D eigenvalue weighted by Crippen LogP contribution is 2.49. The van der Waals surface area contributed by atoms with Gasteiger partial charge in [0, 0.05) is 19.4 Å². The summed E-state index contributed by atoms with van der Waals surface area (Å²) in [7, 11) is 1.53. The van der Waals surface area contributed by atoms with E-state index in [-0.39, 0.29) is 13.0 Å². The summed E-state index contributed by atoms with van der Waals surface area (Å²) in [6.45, 7) is 0.532. The van der Waals surface area contributed by atoms with E-state index >= 15 is 0 Å². The minimum Gasteiger partial charge on any atom is -0.377 e. The van der Waals surface area contributed by atoms with E-state index in [1.807, 2.05) is 0 Å². The van der Waals surface area contributed by atoms with Crippen LogP contribution in [0.15, 0.2) is 6.33 Å². The standard InChI is InChI=1S/C8H11F2N3O/c1-14-4-7-11-5-12-13(7)3-6-2-8(6,9)10/h5-6H,2-4H2,1H3. The lowest BCUT2D eigenvalue weighted by molar-refractivity contribution is 0.0930. The molecule has 0 bridgehead atoms. The van der Waals surface area contributed by atoms with Crippen molar-refractivity contribution >= 4 is 0 Å². The minimum atomic E-state index is -2.50. The van der Waals surface area contributed by atoms with Gasteiger partial charge in [0.25, 0.3) is 5.92 Å². The number of methoxy groups -OCH3 is 1. The number of halogens is 2. The Kier molecular flexibility index (Phi) is 2.22. The summed E-state index contributed by atoms with van der Waals surface area (Å²) in [5.41, 5.74) is 0. The van der Waals surface area contributed by atoms with Gasteiger partial charge in [-0.2, -0.15) is 5.10 Å². The van der Waals surface area contributed by atoms with Crippen LogP contribution in [0.3, 0.4) is 0 Å². The normalized spacial score (nSPS) is 23.8. The second-order valence-electron chi connectivity index (χ2n) is 3.45. The molecule has 1 aromatic rings. The summed E-state index contributed by atoms with van der Waals surface area (Å²) in [5.74, 6) is -2.49. The maximum Gasteiger partial charge on any atom is 0.253 e. The number of ether oxygens (including phenoxy) is 1. The fraction of sp³-hybridized carbons (Fsp3) is 0.750. The summed E-state index contributed by atoms with van der Waals surface area (Å²) >= 11 is 0. The van der Waals surface area contributed by atoms with E-state index in [1.165, 1.54) is 18.1 Å². The van der Waals surface area contributed by atoms with E-state index in [0.717, 1.165) is 0 Å². The zero-order valence-corrected chi connectivity index (χ0v) is 7.78. The van der Waals surface area contributed by atoms with Gasteiger partial charge in [-0.15, -0.1) is 0 Å². The lowest BCUT2D eigenvalue weighted by Gasteiger charge is -2.03.